The van der Waals surface area contributed by atoms with Crippen LogP contribution in [0.25, 0.3) is 0 Å². The molecule has 0 amide bonds. The molecule has 0 saturated carbocycles. The Balaban J connectivity index is 2.12. The Morgan fingerprint density at radius 2 is 2.17 bits per heavy atom. The molecule has 18 heavy (non-hydrogen) atoms. The summed E-state index contributed by atoms with van der Waals surface area (Å²) in [5, 5.41) is 1.65. The maximum Gasteiger partial charge on any atom is 0.274 e. The van der Waals surface area contributed by atoms with Crippen molar-refractivity contribution in [3.05, 3.63) is 39.8 Å². The highest BCUT2D eigenvalue weighted by molar-refractivity contribution is 7.89. The molecule has 2 aromatic rings. The quantitative estimate of drug-likeness (QED) is 0.852. The molecule has 0 atom stereocenters. The maximum absolute atomic E-state index is 11.9. The molecule has 0 aliphatic rings. The SMILES string of the molecule is Cc1ccsc1CNS(=O)(=O)c1ccc(C=O)o1. The van der Waals surface area contributed by atoms with Gasteiger partial charge in [0, 0.05) is 11.4 Å². The number of furan rings is 1. The van der Waals surface area contributed by atoms with Crippen molar-refractivity contribution >= 4 is 27.6 Å². The van der Waals surface area contributed by atoms with Gasteiger partial charge in [-0.25, -0.2) is 13.1 Å². The van der Waals surface area contributed by atoms with Crippen molar-refractivity contribution in [1.29, 1.82) is 0 Å². The minimum Gasteiger partial charge on any atom is -0.440 e. The topological polar surface area (TPSA) is 76.4 Å². The number of aryl methyl sites for hydroxylation is 1. The minimum atomic E-state index is -3.71. The lowest BCUT2D eigenvalue weighted by atomic mass is 10.3. The Morgan fingerprint density at radius 1 is 1.39 bits per heavy atom. The number of nitrogens with one attached hydrogen (secondary N) is 1. The summed E-state index contributed by atoms with van der Waals surface area (Å²) < 4.78 is 31.0. The van der Waals surface area contributed by atoms with E-state index in [0.717, 1.165) is 10.4 Å². The van der Waals surface area contributed by atoms with Crippen LogP contribution in [-0.4, -0.2) is 14.7 Å². The number of hydrogen-bond donors (Lipinski definition) is 1. The first-order chi connectivity index (χ1) is 8.53. The van der Waals surface area contributed by atoms with E-state index in [2.05, 4.69) is 4.72 Å². The second-order valence-corrected chi connectivity index (χ2v) is 6.32. The van der Waals surface area contributed by atoms with Gasteiger partial charge in [0.05, 0.1) is 0 Å². The van der Waals surface area contributed by atoms with E-state index in [4.69, 9.17) is 4.42 Å². The molecule has 1 N–H and O–H groups in total. The number of aldehydes is 1. The van der Waals surface area contributed by atoms with Crippen LogP contribution in [0.2, 0.25) is 0 Å². The first kappa shape index (κ1) is 13.0. The van der Waals surface area contributed by atoms with Crippen LogP contribution in [-0.2, 0) is 16.6 Å². The average Bonchev–Trinajstić information content (AvgIpc) is 2.95. The van der Waals surface area contributed by atoms with E-state index in [1.54, 1.807) is 0 Å². The number of carbonyl (C=O) groups excluding carboxylic acids is 1. The fourth-order valence-electron chi connectivity index (χ4n) is 1.36. The van der Waals surface area contributed by atoms with Crippen molar-refractivity contribution in [3.63, 3.8) is 0 Å². The molecule has 2 rings (SSSR count). The highest BCUT2D eigenvalue weighted by Crippen LogP contribution is 2.17. The zero-order valence-electron chi connectivity index (χ0n) is 9.54. The second-order valence-electron chi connectivity index (χ2n) is 3.63. The van der Waals surface area contributed by atoms with Crippen molar-refractivity contribution < 1.29 is 17.6 Å². The third-order valence-electron chi connectivity index (χ3n) is 2.37. The van der Waals surface area contributed by atoms with Crippen LogP contribution in [0.15, 0.2) is 33.1 Å². The van der Waals surface area contributed by atoms with Crippen LogP contribution in [0.3, 0.4) is 0 Å². The molecule has 5 nitrogen and oxygen atoms in total. The van der Waals surface area contributed by atoms with Gasteiger partial charge < -0.3 is 4.42 Å². The van der Waals surface area contributed by atoms with Crippen molar-refractivity contribution in [1.82, 2.24) is 4.72 Å². The van der Waals surface area contributed by atoms with Crippen molar-refractivity contribution in [2.45, 2.75) is 18.6 Å². The van der Waals surface area contributed by atoms with Crippen LogP contribution in [0.1, 0.15) is 21.0 Å². The molecule has 0 radical (unpaired) electrons. The molecule has 0 aliphatic carbocycles. The Labute approximate surface area is 108 Å². The highest BCUT2D eigenvalue weighted by Gasteiger charge is 2.18. The molecule has 0 aliphatic heterocycles. The van der Waals surface area contributed by atoms with Gasteiger partial charge in [0.1, 0.15) is 0 Å². The number of hydrogen-bond acceptors (Lipinski definition) is 5. The van der Waals surface area contributed by atoms with Gasteiger partial charge in [0.15, 0.2) is 12.0 Å². The van der Waals surface area contributed by atoms with Crippen LogP contribution in [0.4, 0.5) is 0 Å². The lowest BCUT2D eigenvalue weighted by Gasteiger charge is -2.03. The molecule has 0 unspecified atom stereocenters. The predicted molar refractivity (Wildman–Crippen MR) is 67.2 cm³/mol. The average molecular weight is 285 g/mol. The van der Waals surface area contributed by atoms with Crippen molar-refractivity contribution in [2.24, 2.45) is 0 Å². The molecular weight excluding hydrogens is 274 g/mol. The number of thiophene rings is 1. The Bertz CT molecular complexity index is 654. The molecule has 0 bridgehead atoms. The van der Waals surface area contributed by atoms with Gasteiger partial charge in [-0.1, -0.05) is 0 Å². The van der Waals surface area contributed by atoms with Gasteiger partial charge in [-0.05, 0) is 36.1 Å². The van der Waals surface area contributed by atoms with E-state index in [0.29, 0.717) is 6.29 Å². The van der Waals surface area contributed by atoms with Gasteiger partial charge in [0.25, 0.3) is 10.0 Å². The van der Waals surface area contributed by atoms with E-state index in [1.165, 1.54) is 23.5 Å². The van der Waals surface area contributed by atoms with Gasteiger partial charge in [-0.15, -0.1) is 11.3 Å². The van der Waals surface area contributed by atoms with E-state index in [-0.39, 0.29) is 17.4 Å². The first-order valence-corrected chi connectivity index (χ1v) is 7.47. The van der Waals surface area contributed by atoms with Gasteiger partial charge >= 0.3 is 0 Å². The van der Waals surface area contributed by atoms with E-state index >= 15 is 0 Å². The smallest absolute Gasteiger partial charge is 0.274 e. The molecule has 7 heteroatoms. The second kappa shape index (κ2) is 5.05. The summed E-state index contributed by atoms with van der Waals surface area (Å²) in [6.45, 7) is 2.13. The van der Waals surface area contributed by atoms with Crippen LogP contribution >= 0.6 is 11.3 Å². The largest absolute Gasteiger partial charge is 0.440 e. The zero-order chi connectivity index (χ0) is 13.2. The molecule has 96 valence electrons. The summed E-state index contributed by atoms with van der Waals surface area (Å²) in [5.74, 6) is -0.0114. The molecule has 0 fully saturated rings. The Morgan fingerprint density at radius 3 is 2.72 bits per heavy atom. The molecular formula is C11H11NO4S2. The van der Waals surface area contributed by atoms with E-state index < -0.39 is 10.0 Å². The van der Waals surface area contributed by atoms with E-state index in [1.807, 2.05) is 18.4 Å². The summed E-state index contributed by atoms with van der Waals surface area (Å²) in [4.78, 5) is 11.4. The summed E-state index contributed by atoms with van der Waals surface area (Å²) >= 11 is 1.48. The fourth-order valence-corrected chi connectivity index (χ4v) is 3.23. The van der Waals surface area contributed by atoms with E-state index in [9.17, 15) is 13.2 Å². The van der Waals surface area contributed by atoms with Crippen LogP contribution < -0.4 is 4.72 Å². The fraction of sp³-hybridized carbons (Fsp3) is 0.182. The van der Waals surface area contributed by atoms with Gasteiger partial charge in [-0.3, -0.25) is 4.79 Å². The van der Waals surface area contributed by atoms with Crippen LogP contribution in [0.5, 0.6) is 0 Å². The van der Waals surface area contributed by atoms with Crippen molar-refractivity contribution in [2.75, 3.05) is 0 Å². The standard InChI is InChI=1S/C11H11NO4S2/c1-8-4-5-17-10(8)6-12-18(14,15)11-3-2-9(7-13)16-11/h2-5,7,12H,6H2,1H3. The third kappa shape index (κ3) is 2.69. The lowest BCUT2D eigenvalue weighted by molar-refractivity contribution is 0.109. The Hall–Kier alpha value is -1.44. The normalized spacial score (nSPS) is 11.6. The first-order valence-electron chi connectivity index (χ1n) is 5.10. The zero-order valence-corrected chi connectivity index (χ0v) is 11.2. The summed E-state index contributed by atoms with van der Waals surface area (Å²) in [6, 6.07) is 4.50. The summed E-state index contributed by atoms with van der Waals surface area (Å²) in [6.07, 6.45) is 0.461. The predicted octanol–water partition coefficient (Wildman–Crippen LogP) is 1.94. The Kier molecular flexibility index (Phi) is 3.65. The summed E-state index contributed by atoms with van der Waals surface area (Å²) in [7, 11) is -3.71. The number of carbonyl (C=O) groups is 1. The molecule has 0 spiro atoms. The number of rotatable bonds is 5. The van der Waals surface area contributed by atoms with Gasteiger partial charge in [-0.2, -0.15) is 0 Å². The summed E-state index contributed by atoms with van der Waals surface area (Å²) in [5.41, 5.74) is 1.04. The highest BCUT2D eigenvalue weighted by atomic mass is 32.2. The van der Waals surface area contributed by atoms with Gasteiger partial charge in [0.2, 0.25) is 5.09 Å². The third-order valence-corrected chi connectivity index (χ3v) is 4.67. The van der Waals surface area contributed by atoms with Crippen molar-refractivity contribution in [3.8, 4) is 0 Å². The monoisotopic (exact) mass is 285 g/mol. The molecule has 2 heterocycles. The number of sulfonamides is 1. The minimum absolute atomic E-state index is 0.0114. The van der Waals surface area contributed by atoms with Crippen LogP contribution in [0, 0.1) is 6.92 Å². The maximum atomic E-state index is 11.9. The lowest BCUT2D eigenvalue weighted by Crippen LogP contribution is -2.22. The molecule has 2 aromatic heterocycles. The molecule has 0 saturated heterocycles. The molecule has 0 aromatic carbocycles.